The SMILES string of the molecule is CNCCC(=O)NCC(c1ccccc1Cl)N1CCOCC1. The average Bonchev–Trinajstić information content (AvgIpc) is 2.55. The predicted molar refractivity (Wildman–Crippen MR) is 88.1 cm³/mol. The zero-order valence-corrected chi connectivity index (χ0v) is 13.7. The zero-order chi connectivity index (χ0) is 15.8. The van der Waals surface area contributed by atoms with E-state index in [1.54, 1.807) is 0 Å². The van der Waals surface area contributed by atoms with E-state index in [-0.39, 0.29) is 11.9 Å². The number of amides is 1. The lowest BCUT2D eigenvalue weighted by Gasteiger charge is -2.35. The van der Waals surface area contributed by atoms with Crippen molar-refractivity contribution in [2.24, 2.45) is 0 Å². The van der Waals surface area contributed by atoms with Crippen LogP contribution in [0.5, 0.6) is 0 Å². The number of ether oxygens (including phenoxy) is 1. The first-order valence-electron chi connectivity index (χ1n) is 7.70. The standard InChI is InChI=1S/C16H24ClN3O2/c1-18-7-6-16(21)19-12-15(20-8-10-22-11-9-20)13-4-2-3-5-14(13)17/h2-5,15,18H,6-12H2,1H3,(H,19,21). The Labute approximate surface area is 137 Å². The lowest BCUT2D eigenvalue weighted by molar-refractivity contribution is -0.121. The van der Waals surface area contributed by atoms with Gasteiger partial charge in [0.25, 0.3) is 0 Å². The van der Waals surface area contributed by atoms with Gasteiger partial charge >= 0.3 is 0 Å². The summed E-state index contributed by atoms with van der Waals surface area (Å²) >= 11 is 6.36. The molecule has 0 aliphatic carbocycles. The van der Waals surface area contributed by atoms with Crippen molar-refractivity contribution in [1.82, 2.24) is 15.5 Å². The number of nitrogens with one attached hydrogen (secondary N) is 2. The van der Waals surface area contributed by atoms with Gasteiger partial charge in [-0.3, -0.25) is 9.69 Å². The summed E-state index contributed by atoms with van der Waals surface area (Å²) in [6, 6.07) is 7.91. The highest BCUT2D eigenvalue weighted by atomic mass is 35.5. The first kappa shape index (κ1) is 17.2. The maximum atomic E-state index is 11.9. The van der Waals surface area contributed by atoms with Crippen molar-refractivity contribution < 1.29 is 9.53 Å². The van der Waals surface area contributed by atoms with Crippen molar-refractivity contribution in [1.29, 1.82) is 0 Å². The number of nitrogens with zero attached hydrogens (tertiary/aromatic N) is 1. The number of rotatable bonds is 7. The van der Waals surface area contributed by atoms with Crippen LogP contribution >= 0.6 is 11.6 Å². The van der Waals surface area contributed by atoms with E-state index in [1.165, 1.54) is 0 Å². The highest BCUT2D eigenvalue weighted by molar-refractivity contribution is 6.31. The number of morpholine rings is 1. The van der Waals surface area contributed by atoms with Crippen molar-refractivity contribution >= 4 is 17.5 Å². The smallest absolute Gasteiger partial charge is 0.221 e. The van der Waals surface area contributed by atoms with Gasteiger partial charge in [-0.1, -0.05) is 29.8 Å². The molecular formula is C16H24ClN3O2. The first-order valence-corrected chi connectivity index (χ1v) is 8.07. The van der Waals surface area contributed by atoms with Crippen LogP contribution in [0.15, 0.2) is 24.3 Å². The zero-order valence-electron chi connectivity index (χ0n) is 13.0. The molecule has 122 valence electrons. The van der Waals surface area contributed by atoms with E-state index in [1.807, 2.05) is 31.3 Å². The third kappa shape index (κ3) is 4.95. The molecule has 1 amide bonds. The highest BCUT2D eigenvalue weighted by Crippen LogP contribution is 2.27. The fraction of sp³-hybridized carbons (Fsp3) is 0.562. The molecule has 1 heterocycles. The Morgan fingerprint density at radius 2 is 2.09 bits per heavy atom. The largest absolute Gasteiger partial charge is 0.379 e. The predicted octanol–water partition coefficient (Wildman–Crippen LogP) is 1.44. The van der Waals surface area contributed by atoms with Gasteiger partial charge in [0, 0.05) is 37.6 Å². The van der Waals surface area contributed by atoms with E-state index >= 15 is 0 Å². The van der Waals surface area contributed by atoms with E-state index < -0.39 is 0 Å². The minimum Gasteiger partial charge on any atom is -0.379 e. The van der Waals surface area contributed by atoms with Crippen molar-refractivity contribution in [2.75, 3.05) is 46.4 Å². The molecule has 1 atom stereocenters. The van der Waals surface area contributed by atoms with Gasteiger partial charge in [0.1, 0.15) is 0 Å². The van der Waals surface area contributed by atoms with Gasteiger partial charge in [0.05, 0.1) is 19.3 Å². The minimum absolute atomic E-state index is 0.0552. The van der Waals surface area contributed by atoms with Crippen LogP contribution in [0.4, 0.5) is 0 Å². The molecule has 6 heteroatoms. The van der Waals surface area contributed by atoms with Crippen LogP contribution in [0.3, 0.4) is 0 Å². The van der Waals surface area contributed by atoms with Gasteiger partial charge in [-0.15, -0.1) is 0 Å². The third-order valence-electron chi connectivity index (χ3n) is 3.85. The summed E-state index contributed by atoms with van der Waals surface area (Å²) in [5.41, 5.74) is 1.06. The number of carbonyl (C=O) groups excluding carboxylic acids is 1. The third-order valence-corrected chi connectivity index (χ3v) is 4.19. The van der Waals surface area contributed by atoms with Crippen molar-refractivity contribution in [3.05, 3.63) is 34.9 Å². The molecule has 1 unspecified atom stereocenters. The molecule has 2 rings (SSSR count). The second-order valence-electron chi connectivity index (χ2n) is 5.34. The Morgan fingerprint density at radius 3 is 2.77 bits per heavy atom. The Morgan fingerprint density at radius 1 is 1.36 bits per heavy atom. The van der Waals surface area contributed by atoms with Gasteiger partial charge in [0.15, 0.2) is 0 Å². The van der Waals surface area contributed by atoms with Gasteiger partial charge < -0.3 is 15.4 Å². The normalized spacial score (nSPS) is 17.2. The molecule has 0 bridgehead atoms. The number of hydrogen-bond acceptors (Lipinski definition) is 4. The molecule has 1 fully saturated rings. The van der Waals surface area contributed by atoms with Crippen molar-refractivity contribution in [2.45, 2.75) is 12.5 Å². The van der Waals surface area contributed by atoms with E-state index in [4.69, 9.17) is 16.3 Å². The van der Waals surface area contributed by atoms with Gasteiger partial charge in [-0.25, -0.2) is 0 Å². The van der Waals surface area contributed by atoms with Crippen LogP contribution in [-0.4, -0.2) is 57.2 Å². The van der Waals surface area contributed by atoms with E-state index in [9.17, 15) is 4.79 Å². The molecule has 2 N–H and O–H groups in total. The molecule has 1 saturated heterocycles. The molecule has 0 spiro atoms. The maximum Gasteiger partial charge on any atom is 0.221 e. The monoisotopic (exact) mass is 325 g/mol. The second kappa shape index (κ2) is 9.10. The number of carbonyl (C=O) groups is 1. The fourth-order valence-corrected chi connectivity index (χ4v) is 2.87. The summed E-state index contributed by atoms with van der Waals surface area (Å²) in [6.07, 6.45) is 0.481. The molecule has 0 radical (unpaired) electrons. The number of halogens is 1. The van der Waals surface area contributed by atoms with Crippen LogP contribution in [0, 0.1) is 0 Å². The highest BCUT2D eigenvalue weighted by Gasteiger charge is 2.24. The van der Waals surface area contributed by atoms with Gasteiger partial charge in [-0.2, -0.15) is 0 Å². The molecule has 5 nitrogen and oxygen atoms in total. The molecule has 22 heavy (non-hydrogen) atoms. The first-order chi connectivity index (χ1) is 10.7. The topological polar surface area (TPSA) is 53.6 Å². The van der Waals surface area contributed by atoms with Crippen LogP contribution in [0.2, 0.25) is 5.02 Å². The quantitative estimate of drug-likeness (QED) is 0.796. The van der Waals surface area contributed by atoms with E-state index in [0.29, 0.717) is 32.7 Å². The molecule has 0 aromatic heterocycles. The Kier molecular flexibility index (Phi) is 7.12. The summed E-state index contributed by atoms with van der Waals surface area (Å²) in [7, 11) is 1.84. The summed E-state index contributed by atoms with van der Waals surface area (Å²) in [5, 5.41) is 6.74. The van der Waals surface area contributed by atoms with Crippen molar-refractivity contribution in [3.63, 3.8) is 0 Å². The average molecular weight is 326 g/mol. The van der Waals surface area contributed by atoms with Crippen LogP contribution in [0.25, 0.3) is 0 Å². The summed E-state index contributed by atoms with van der Waals surface area (Å²) in [4.78, 5) is 14.2. The van der Waals surface area contributed by atoms with Crippen LogP contribution in [-0.2, 0) is 9.53 Å². The van der Waals surface area contributed by atoms with E-state index in [0.717, 1.165) is 23.7 Å². The summed E-state index contributed by atoms with van der Waals surface area (Å²) in [6.45, 7) is 4.38. The maximum absolute atomic E-state index is 11.9. The Balaban J connectivity index is 2.05. The molecule has 1 aliphatic heterocycles. The lowest BCUT2D eigenvalue weighted by atomic mass is 10.0. The lowest BCUT2D eigenvalue weighted by Crippen LogP contribution is -2.44. The van der Waals surface area contributed by atoms with Crippen LogP contribution < -0.4 is 10.6 Å². The molecule has 1 aromatic rings. The minimum atomic E-state index is 0.0552. The van der Waals surface area contributed by atoms with Gasteiger partial charge in [0.2, 0.25) is 5.91 Å². The molecule has 1 aromatic carbocycles. The number of hydrogen-bond donors (Lipinski definition) is 2. The Hall–Kier alpha value is -1.14. The second-order valence-corrected chi connectivity index (χ2v) is 5.75. The van der Waals surface area contributed by atoms with Crippen molar-refractivity contribution in [3.8, 4) is 0 Å². The van der Waals surface area contributed by atoms with E-state index in [2.05, 4.69) is 15.5 Å². The van der Waals surface area contributed by atoms with Gasteiger partial charge in [-0.05, 0) is 18.7 Å². The molecular weight excluding hydrogens is 302 g/mol. The molecule has 0 saturated carbocycles. The number of benzene rings is 1. The van der Waals surface area contributed by atoms with Crippen LogP contribution in [0.1, 0.15) is 18.0 Å². The summed E-state index contributed by atoms with van der Waals surface area (Å²) < 4.78 is 5.42. The Bertz CT molecular complexity index is 478. The molecule has 1 aliphatic rings. The fourth-order valence-electron chi connectivity index (χ4n) is 2.61. The summed E-state index contributed by atoms with van der Waals surface area (Å²) in [5.74, 6) is 0.0552.